The van der Waals surface area contributed by atoms with Gasteiger partial charge in [-0.1, -0.05) is 13.3 Å². The Labute approximate surface area is 136 Å². The number of carbonyl (C=O) groups is 2. The maximum absolute atomic E-state index is 11.9. The summed E-state index contributed by atoms with van der Waals surface area (Å²) in [6.07, 6.45) is 2.15. The van der Waals surface area contributed by atoms with Crippen LogP contribution in [0, 0.1) is 0 Å². The van der Waals surface area contributed by atoms with Gasteiger partial charge in [-0.3, -0.25) is 9.59 Å². The van der Waals surface area contributed by atoms with Crippen LogP contribution in [0.1, 0.15) is 43.0 Å². The summed E-state index contributed by atoms with van der Waals surface area (Å²) >= 11 is 0. The lowest BCUT2D eigenvalue weighted by Gasteiger charge is -2.07. The van der Waals surface area contributed by atoms with Crippen molar-refractivity contribution < 1.29 is 23.1 Å². The van der Waals surface area contributed by atoms with E-state index in [2.05, 4.69) is 10.0 Å². The van der Waals surface area contributed by atoms with Gasteiger partial charge in [0.15, 0.2) is 0 Å². The first-order valence-corrected chi connectivity index (χ1v) is 8.95. The number of unbranched alkanes of at least 4 members (excludes halogenated alkanes) is 2. The van der Waals surface area contributed by atoms with Gasteiger partial charge in [0.1, 0.15) is 0 Å². The third-order valence-electron chi connectivity index (χ3n) is 3.11. The average molecular weight is 342 g/mol. The van der Waals surface area contributed by atoms with Crippen LogP contribution in [-0.4, -0.2) is 38.5 Å². The Morgan fingerprint density at radius 1 is 1.09 bits per heavy atom. The van der Waals surface area contributed by atoms with E-state index in [1.165, 1.54) is 24.3 Å². The van der Waals surface area contributed by atoms with Gasteiger partial charge >= 0.3 is 5.97 Å². The summed E-state index contributed by atoms with van der Waals surface area (Å²) in [5.41, 5.74) is 0.381. The molecule has 0 saturated heterocycles. The van der Waals surface area contributed by atoms with Crippen molar-refractivity contribution in [3.8, 4) is 0 Å². The Morgan fingerprint density at radius 3 is 2.30 bits per heavy atom. The van der Waals surface area contributed by atoms with Gasteiger partial charge in [0, 0.05) is 25.1 Å². The van der Waals surface area contributed by atoms with Crippen molar-refractivity contribution in [1.29, 1.82) is 0 Å². The molecular formula is C15H22N2O5S. The van der Waals surface area contributed by atoms with Crippen LogP contribution in [0.2, 0.25) is 0 Å². The number of sulfonamides is 1. The molecule has 0 radical (unpaired) electrons. The lowest BCUT2D eigenvalue weighted by molar-refractivity contribution is -0.137. The molecule has 0 spiro atoms. The molecule has 0 heterocycles. The Hall–Kier alpha value is -1.93. The van der Waals surface area contributed by atoms with Crippen LogP contribution in [0.4, 0.5) is 0 Å². The van der Waals surface area contributed by atoms with E-state index in [1.807, 2.05) is 0 Å². The van der Waals surface area contributed by atoms with E-state index in [0.717, 1.165) is 6.42 Å². The molecule has 3 N–H and O–H groups in total. The molecule has 128 valence electrons. The van der Waals surface area contributed by atoms with Crippen LogP contribution >= 0.6 is 0 Å². The van der Waals surface area contributed by atoms with E-state index in [9.17, 15) is 18.0 Å². The second-order valence-electron chi connectivity index (χ2n) is 4.99. The molecule has 7 nitrogen and oxygen atoms in total. The summed E-state index contributed by atoms with van der Waals surface area (Å²) in [4.78, 5) is 22.4. The summed E-state index contributed by atoms with van der Waals surface area (Å²) in [6, 6.07) is 5.70. The van der Waals surface area contributed by atoms with E-state index in [4.69, 9.17) is 5.11 Å². The van der Waals surface area contributed by atoms with Gasteiger partial charge < -0.3 is 10.4 Å². The summed E-state index contributed by atoms with van der Waals surface area (Å²) < 4.78 is 25.9. The Morgan fingerprint density at radius 2 is 1.74 bits per heavy atom. The standard InChI is InChI=1S/C15H22N2O5S/c1-2-17-23(21,22)13-9-7-12(8-10-13)15(20)16-11-5-3-4-6-14(18)19/h7-10,17H,2-6,11H2,1H3,(H,16,20)(H,18,19). The molecule has 0 saturated carbocycles. The summed E-state index contributed by atoms with van der Waals surface area (Å²) in [5.74, 6) is -1.10. The number of aliphatic carboxylic acids is 1. The third kappa shape index (κ3) is 6.79. The molecule has 0 aliphatic heterocycles. The lowest BCUT2D eigenvalue weighted by Crippen LogP contribution is -2.25. The molecular weight excluding hydrogens is 320 g/mol. The van der Waals surface area contributed by atoms with Crippen molar-refractivity contribution in [3.63, 3.8) is 0 Å². The highest BCUT2D eigenvalue weighted by Gasteiger charge is 2.13. The number of carbonyl (C=O) groups excluding carboxylic acids is 1. The maximum atomic E-state index is 11.9. The minimum atomic E-state index is -3.52. The molecule has 23 heavy (non-hydrogen) atoms. The molecule has 1 amide bonds. The van der Waals surface area contributed by atoms with Crippen molar-refractivity contribution in [2.45, 2.75) is 37.5 Å². The van der Waals surface area contributed by atoms with Gasteiger partial charge in [-0.2, -0.15) is 0 Å². The van der Waals surface area contributed by atoms with Crippen LogP contribution in [-0.2, 0) is 14.8 Å². The normalized spacial score (nSPS) is 11.2. The second kappa shape index (κ2) is 9.26. The fraction of sp³-hybridized carbons (Fsp3) is 0.467. The van der Waals surface area contributed by atoms with Crippen LogP contribution in [0.15, 0.2) is 29.2 Å². The number of amides is 1. The topological polar surface area (TPSA) is 113 Å². The molecule has 8 heteroatoms. The highest BCUT2D eigenvalue weighted by Crippen LogP contribution is 2.10. The minimum Gasteiger partial charge on any atom is -0.481 e. The number of carboxylic acid groups (broad SMARTS) is 1. The maximum Gasteiger partial charge on any atom is 0.303 e. The first kappa shape index (κ1) is 19.1. The van der Waals surface area contributed by atoms with Crippen LogP contribution in [0.25, 0.3) is 0 Å². The first-order valence-electron chi connectivity index (χ1n) is 7.46. The third-order valence-corrected chi connectivity index (χ3v) is 4.68. The van der Waals surface area contributed by atoms with Crippen LogP contribution < -0.4 is 10.0 Å². The number of rotatable bonds is 10. The molecule has 0 bridgehead atoms. The zero-order chi connectivity index (χ0) is 17.3. The number of hydrogen-bond donors (Lipinski definition) is 3. The van der Waals surface area contributed by atoms with Gasteiger partial charge in [-0.05, 0) is 37.1 Å². The number of benzene rings is 1. The van der Waals surface area contributed by atoms with Crippen molar-refractivity contribution in [3.05, 3.63) is 29.8 Å². The molecule has 1 aromatic rings. The SMILES string of the molecule is CCNS(=O)(=O)c1ccc(C(=O)NCCCCCC(=O)O)cc1. The molecule has 0 atom stereocenters. The zero-order valence-electron chi connectivity index (χ0n) is 13.0. The fourth-order valence-electron chi connectivity index (χ4n) is 1.94. The zero-order valence-corrected chi connectivity index (χ0v) is 13.9. The monoisotopic (exact) mass is 342 g/mol. The van der Waals surface area contributed by atoms with Crippen LogP contribution in [0.5, 0.6) is 0 Å². The lowest BCUT2D eigenvalue weighted by atomic mass is 10.2. The summed E-state index contributed by atoms with van der Waals surface area (Å²) in [5, 5.41) is 11.2. The smallest absolute Gasteiger partial charge is 0.303 e. The van der Waals surface area contributed by atoms with E-state index in [0.29, 0.717) is 31.5 Å². The molecule has 0 fully saturated rings. The van der Waals surface area contributed by atoms with E-state index in [-0.39, 0.29) is 17.2 Å². The Kier molecular flexibility index (Phi) is 7.70. The van der Waals surface area contributed by atoms with Crippen molar-refractivity contribution >= 4 is 21.9 Å². The molecule has 1 rings (SSSR count). The van der Waals surface area contributed by atoms with Gasteiger partial charge in [-0.25, -0.2) is 13.1 Å². The van der Waals surface area contributed by atoms with Crippen molar-refractivity contribution in [1.82, 2.24) is 10.0 Å². The second-order valence-corrected chi connectivity index (χ2v) is 6.75. The van der Waals surface area contributed by atoms with Gasteiger partial charge in [0.05, 0.1) is 4.90 Å². The molecule has 0 unspecified atom stereocenters. The summed E-state index contributed by atoms with van der Waals surface area (Å²) in [7, 11) is -3.52. The van der Waals surface area contributed by atoms with E-state index in [1.54, 1.807) is 6.92 Å². The van der Waals surface area contributed by atoms with Gasteiger partial charge in [0.25, 0.3) is 5.91 Å². The predicted octanol–water partition coefficient (Wildman–Crippen LogP) is 1.36. The van der Waals surface area contributed by atoms with E-state index >= 15 is 0 Å². The average Bonchev–Trinajstić information content (AvgIpc) is 2.50. The number of carboxylic acids is 1. The fourth-order valence-corrected chi connectivity index (χ4v) is 2.98. The number of hydrogen-bond acceptors (Lipinski definition) is 4. The molecule has 0 aliphatic rings. The van der Waals surface area contributed by atoms with Gasteiger partial charge in [0.2, 0.25) is 10.0 Å². The summed E-state index contributed by atoms with van der Waals surface area (Å²) in [6.45, 7) is 2.44. The number of nitrogens with one attached hydrogen (secondary N) is 2. The van der Waals surface area contributed by atoms with Crippen molar-refractivity contribution in [2.24, 2.45) is 0 Å². The highest BCUT2D eigenvalue weighted by atomic mass is 32.2. The Balaban J connectivity index is 2.44. The minimum absolute atomic E-state index is 0.115. The van der Waals surface area contributed by atoms with E-state index < -0.39 is 16.0 Å². The van der Waals surface area contributed by atoms with Crippen LogP contribution in [0.3, 0.4) is 0 Å². The first-order chi connectivity index (χ1) is 10.9. The quantitative estimate of drug-likeness (QED) is 0.556. The Bertz CT molecular complexity index is 626. The van der Waals surface area contributed by atoms with Gasteiger partial charge in [-0.15, -0.1) is 0 Å². The largest absolute Gasteiger partial charge is 0.481 e. The molecule has 0 aromatic heterocycles. The molecule has 1 aromatic carbocycles. The molecule has 0 aliphatic carbocycles. The predicted molar refractivity (Wildman–Crippen MR) is 85.7 cm³/mol. The highest BCUT2D eigenvalue weighted by molar-refractivity contribution is 7.89. The van der Waals surface area contributed by atoms with Crippen molar-refractivity contribution in [2.75, 3.05) is 13.1 Å².